The van der Waals surface area contributed by atoms with Gasteiger partial charge < -0.3 is 15.1 Å². The van der Waals surface area contributed by atoms with E-state index < -0.39 is 10.8 Å². The van der Waals surface area contributed by atoms with Crippen LogP contribution in [0.2, 0.25) is 0 Å². The summed E-state index contributed by atoms with van der Waals surface area (Å²) < 4.78 is 13.6. The molecule has 3 aromatic carbocycles. The predicted molar refractivity (Wildman–Crippen MR) is 136 cm³/mol. The first-order valence-electron chi connectivity index (χ1n) is 11.6. The molecule has 0 unspecified atom stereocenters. The maximum atomic E-state index is 13.6. The second-order valence-electron chi connectivity index (χ2n) is 8.96. The fraction of sp³-hybridized carbons (Fsp3) is 0.231. The topological polar surface area (TPSA) is 107 Å². The van der Waals surface area contributed by atoms with Crippen LogP contribution in [0.4, 0.5) is 21.6 Å². The monoisotopic (exact) mass is 488 g/mol. The lowest BCUT2D eigenvalue weighted by Gasteiger charge is -2.34. The third-order valence-corrected chi connectivity index (χ3v) is 6.45. The number of amides is 1. The van der Waals surface area contributed by atoms with Gasteiger partial charge in [0.2, 0.25) is 0 Å². The number of aromatic amines is 1. The highest BCUT2D eigenvalue weighted by Gasteiger charge is 2.24. The van der Waals surface area contributed by atoms with Crippen molar-refractivity contribution in [1.82, 2.24) is 15.1 Å². The molecule has 1 aliphatic rings. The largest absolute Gasteiger partial charge is 0.369 e. The Morgan fingerprint density at radius 3 is 2.61 bits per heavy atom. The Kier molecular flexibility index (Phi) is 6.34. The van der Waals surface area contributed by atoms with Crippen molar-refractivity contribution in [2.75, 3.05) is 43.4 Å². The van der Waals surface area contributed by atoms with Crippen molar-refractivity contribution < 1.29 is 14.1 Å². The maximum Gasteiger partial charge on any atom is 0.284 e. The van der Waals surface area contributed by atoms with Gasteiger partial charge >= 0.3 is 0 Å². The third kappa shape index (κ3) is 4.89. The normalized spacial score (nSPS) is 14.2. The Labute approximate surface area is 206 Å². The molecule has 2 N–H and O–H groups in total. The standard InChI is InChI=1S/C26H25FN6O3/c1-31-9-11-32(12-10-31)20-6-7-21(24(16-20)33(35)36)26(34)28-25-22-15-18(5-8-23(22)29-30-25)13-17-3-2-4-19(27)14-17/h2-8,14-16H,9-13H2,1H3,(H2,28,29,30,34). The van der Waals surface area contributed by atoms with E-state index in [1.54, 1.807) is 12.1 Å². The number of nitrogens with zero attached hydrogens (tertiary/aromatic N) is 4. The summed E-state index contributed by atoms with van der Waals surface area (Å²) in [4.78, 5) is 28.7. The number of benzene rings is 3. The molecule has 0 atom stereocenters. The Hall–Kier alpha value is -4.31. The number of piperazine rings is 1. The number of rotatable bonds is 6. The lowest BCUT2D eigenvalue weighted by Crippen LogP contribution is -2.44. The first kappa shape index (κ1) is 23.4. The van der Waals surface area contributed by atoms with Gasteiger partial charge in [-0.05, 0) is 61.0 Å². The number of nitrogens with one attached hydrogen (secondary N) is 2. The van der Waals surface area contributed by atoms with Gasteiger partial charge in [-0.25, -0.2) is 4.39 Å². The summed E-state index contributed by atoms with van der Waals surface area (Å²) in [5.74, 6) is -0.644. The number of H-pyrrole nitrogens is 1. The lowest BCUT2D eigenvalue weighted by molar-refractivity contribution is -0.385. The van der Waals surface area contributed by atoms with Crippen LogP contribution in [0, 0.1) is 15.9 Å². The van der Waals surface area contributed by atoms with E-state index in [1.165, 1.54) is 24.3 Å². The van der Waals surface area contributed by atoms with Crippen LogP contribution in [0.3, 0.4) is 0 Å². The van der Waals surface area contributed by atoms with Gasteiger partial charge in [-0.3, -0.25) is 20.0 Å². The summed E-state index contributed by atoms with van der Waals surface area (Å²) in [7, 11) is 2.04. The number of hydrogen-bond acceptors (Lipinski definition) is 6. The molecule has 5 rings (SSSR count). The van der Waals surface area contributed by atoms with Gasteiger partial charge in [-0.15, -0.1) is 0 Å². The minimum Gasteiger partial charge on any atom is -0.369 e. The molecular formula is C26H25FN6O3. The summed E-state index contributed by atoms with van der Waals surface area (Å²) in [5.41, 5.74) is 2.86. The van der Waals surface area contributed by atoms with Gasteiger partial charge in [-0.2, -0.15) is 5.10 Å². The molecule has 4 aromatic rings. The average Bonchev–Trinajstić information content (AvgIpc) is 3.26. The Balaban J connectivity index is 1.39. The number of anilines is 2. The van der Waals surface area contributed by atoms with Crippen molar-refractivity contribution in [2.45, 2.75) is 6.42 Å². The third-order valence-electron chi connectivity index (χ3n) is 6.45. The second-order valence-corrected chi connectivity index (χ2v) is 8.96. The summed E-state index contributed by atoms with van der Waals surface area (Å²) in [6.45, 7) is 3.25. The molecule has 10 heteroatoms. The van der Waals surface area contributed by atoms with E-state index in [-0.39, 0.29) is 22.9 Å². The number of likely N-dealkylation sites (N-methyl/N-ethyl adjacent to an activating group) is 1. The van der Waals surface area contributed by atoms with Crippen LogP contribution in [0.25, 0.3) is 10.9 Å². The van der Waals surface area contributed by atoms with Crippen molar-refractivity contribution in [1.29, 1.82) is 0 Å². The quantitative estimate of drug-likeness (QED) is 0.311. The maximum absolute atomic E-state index is 13.6. The Morgan fingerprint density at radius 2 is 1.86 bits per heavy atom. The predicted octanol–water partition coefficient (Wildman–Crippen LogP) is 4.21. The highest BCUT2D eigenvalue weighted by Crippen LogP contribution is 2.29. The number of fused-ring (bicyclic) bond motifs is 1. The zero-order valence-electron chi connectivity index (χ0n) is 19.7. The number of carbonyl (C=O) groups is 1. The van der Waals surface area contributed by atoms with Crippen molar-refractivity contribution >= 4 is 34.0 Å². The van der Waals surface area contributed by atoms with Crippen LogP contribution in [-0.4, -0.2) is 59.2 Å². The van der Waals surface area contributed by atoms with Crippen LogP contribution in [0.15, 0.2) is 60.7 Å². The Bertz CT molecular complexity index is 1440. The summed E-state index contributed by atoms with van der Waals surface area (Å²) >= 11 is 0. The van der Waals surface area contributed by atoms with Gasteiger partial charge in [0.1, 0.15) is 11.4 Å². The smallest absolute Gasteiger partial charge is 0.284 e. The van der Waals surface area contributed by atoms with Gasteiger partial charge in [-0.1, -0.05) is 18.2 Å². The molecule has 0 radical (unpaired) electrons. The molecule has 0 aliphatic carbocycles. The molecule has 2 heterocycles. The minimum atomic E-state index is -0.615. The highest BCUT2D eigenvalue weighted by atomic mass is 19.1. The zero-order valence-corrected chi connectivity index (χ0v) is 19.7. The SMILES string of the molecule is CN1CCN(c2ccc(C(=O)Nc3n[nH]c4ccc(Cc5cccc(F)c5)cc34)c([N+](=O)[O-])c2)CC1. The number of halogens is 1. The fourth-order valence-corrected chi connectivity index (χ4v) is 4.45. The van der Waals surface area contributed by atoms with E-state index >= 15 is 0 Å². The molecule has 0 spiro atoms. The van der Waals surface area contributed by atoms with E-state index in [2.05, 4.69) is 25.3 Å². The minimum absolute atomic E-state index is 0.0371. The van der Waals surface area contributed by atoms with Crippen molar-refractivity contribution in [3.05, 3.63) is 93.3 Å². The molecule has 0 saturated carbocycles. The van der Waals surface area contributed by atoms with Crippen LogP contribution < -0.4 is 10.2 Å². The van der Waals surface area contributed by atoms with E-state index in [0.29, 0.717) is 17.3 Å². The number of aromatic nitrogens is 2. The first-order chi connectivity index (χ1) is 17.4. The number of carbonyl (C=O) groups excluding carboxylic acids is 1. The van der Waals surface area contributed by atoms with Crippen molar-refractivity contribution in [3.63, 3.8) is 0 Å². The number of hydrogen-bond donors (Lipinski definition) is 2. The van der Waals surface area contributed by atoms with Crippen LogP contribution in [0.1, 0.15) is 21.5 Å². The van der Waals surface area contributed by atoms with E-state index in [1.807, 2.05) is 31.3 Å². The molecule has 1 fully saturated rings. The molecule has 184 valence electrons. The number of nitro groups is 1. The highest BCUT2D eigenvalue weighted by molar-refractivity contribution is 6.10. The summed E-state index contributed by atoms with van der Waals surface area (Å²) in [5, 5.41) is 22.3. The molecule has 0 bridgehead atoms. The zero-order chi connectivity index (χ0) is 25.2. The molecule has 1 saturated heterocycles. The second kappa shape index (κ2) is 9.74. The van der Waals surface area contributed by atoms with Gasteiger partial charge in [0.05, 0.1) is 10.4 Å². The lowest BCUT2D eigenvalue weighted by atomic mass is 10.0. The first-order valence-corrected chi connectivity index (χ1v) is 11.6. The summed E-state index contributed by atoms with van der Waals surface area (Å²) in [6, 6.07) is 16.7. The van der Waals surface area contributed by atoms with Crippen LogP contribution >= 0.6 is 0 Å². The van der Waals surface area contributed by atoms with Gasteiger partial charge in [0.15, 0.2) is 5.82 Å². The van der Waals surface area contributed by atoms with Gasteiger partial charge in [0.25, 0.3) is 11.6 Å². The molecule has 36 heavy (non-hydrogen) atoms. The van der Waals surface area contributed by atoms with E-state index in [9.17, 15) is 19.3 Å². The fourth-order valence-electron chi connectivity index (χ4n) is 4.45. The molecular weight excluding hydrogens is 463 g/mol. The molecule has 1 amide bonds. The Morgan fingerprint density at radius 1 is 1.08 bits per heavy atom. The van der Waals surface area contributed by atoms with Crippen molar-refractivity contribution in [2.24, 2.45) is 0 Å². The summed E-state index contributed by atoms with van der Waals surface area (Å²) in [6.07, 6.45) is 0.505. The number of nitro benzene ring substituents is 1. The van der Waals surface area contributed by atoms with E-state index in [0.717, 1.165) is 43.0 Å². The molecule has 9 nitrogen and oxygen atoms in total. The average molecular weight is 489 g/mol. The van der Waals surface area contributed by atoms with Gasteiger partial charge in [0, 0.05) is 43.3 Å². The molecule has 1 aromatic heterocycles. The molecule has 1 aliphatic heterocycles. The van der Waals surface area contributed by atoms with Crippen molar-refractivity contribution in [3.8, 4) is 0 Å². The van der Waals surface area contributed by atoms with E-state index in [4.69, 9.17) is 0 Å². The van der Waals surface area contributed by atoms with Crippen LogP contribution in [0.5, 0.6) is 0 Å². The van der Waals surface area contributed by atoms with Crippen LogP contribution in [-0.2, 0) is 6.42 Å².